The van der Waals surface area contributed by atoms with Crippen molar-refractivity contribution in [2.75, 3.05) is 13.1 Å². The molecule has 3 aromatic rings. The van der Waals surface area contributed by atoms with Gasteiger partial charge in [0.2, 0.25) is 0 Å². The van der Waals surface area contributed by atoms with Crippen molar-refractivity contribution in [1.82, 2.24) is 39.9 Å². The number of rotatable bonds is 8. The molecule has 142 valence electrons. The molecule has 0 aliphatic carbocycles. The van der Waals surface area contributed by atoms with E-state index >= 15 is 0 Å². The fourth-order valence-electron chi connectivity index (χ4n) is 3.31. The summed E-state index contributed by atoms with van der Waals surface area (Å²) >= 11 is 1.63. The first-order valence-electron chi connectivity index (χ1n) is 9.45. The fraction of sp³-hybridized carbons (Fsp3) is 0.500. The van der Waals surface area contributed by atoms with Gasteiger partial charge in [-0.2, -0.15) is 0 Å². The number of aryl methyl sites for hydroxylation is 1. The van der Waals surface area contributed by atoms with Crippen molar-refractivity contribution in [2.24, 2.45) is 0 Å². The van der Waals surface area contributed by atoms with Gasteiger partial charge in [0.05, 0.1) is 12.3 Å². The van der Waals surface area contributed by atoms with Gasteiger partial charge in [-0.3, -0.25) is 9.47 Å². The first-order valence-corrected chi connectivity index (χ1v) is 10.4. The van der Waals surface area contributed by atoms with E-state index in [9.17, 15) is 0 Å². The third-order valence-corrected chi connectivity index (χ3v) is 5.58. The average Bonchev–Trinajstić information content (AvgIpc) is 3.43. The van der Waals surface area contributed by atoms with Gasteiger partial charge in [0, 0.05) is 12.2 Å². The molecule has 1 fully saturated rings. The molecule has 1 saturated heterocycles. The second-order valence-corrected chi connectivity index (χ2v) is 7.60. The molecule has 3 heterocycles. The summed E-state index contributed by atoms with van der Waals surface area (Å²) in [7, 11) is 0. The molecule has 9 heteroatoms. The summed E-state index contributed by atoms with van der Waals surface area (Å²) in [4.78, 5) is 2.44. The number of thioether (sulfide) groups is 1. The lowest BCUT2D eigenvalue weighted by atomic mass is 10.3. The van der Waals surface area contributed by atoms with Crippen molar-refractivity contribution in [3.05, 3.63) is 42.0 Å². The highest BCUT2D eigenvalue weighted by Crippen LogP contribution is 2.25. The number of hydrogen-bond acceptors (Lipinski definition) is 7. The summed E-state index contributed by atoms with van der Waals surface area (Å²) < 4.78 is 4.03. The third-order valence-electron chi connectivity index (χ3n) is 4.65. The number of hydrogen-bond donors (Lipinski definition) is 0. The molecule has 4 rings (SSSR count). The quantitative estimate of drug-likeness (QED) is 0.552. The van der Waals surface area contributed by atoms with Crippen LogP contribution in [0.2, 0.25) is 0 Å². The molecule has 27 heavy (non-hydrogen) atoms. The van der Waals surface area contributed by atoms with Gasteiger partial charge in [0.1, 0.15) is 0 Å². The van der Waals surface area contributed by atoms with E-state index in [4.69, 9.17) is 0 Å². The minimum Gasteiger partial charge on any atom is -0.296 e. The highest BCUT2D eigenvalue weighted by Gasteiger charge is 2.20. The Morgan fingerprint density at radius 2 is 1.81 bits per heavy atom. The lowest BCUT2D eigenvalue weighted by molar-refractivity contribution is 0.319. The largest absolute Gasteiger partial charge is 0.296 e. The first kappa shape index (κ1) is 18.1. The highest BCUT2D eigenvalue weighted by molar-refractivity contribution is 7.98. The zero-order valence-corrected chi connectivity index (χ0v) is 16.3. The van der Waals surface area contributed by atoms with E-state index in [-0.39, 0.29) is 0 Å². The van der Waals surface area contributed by atoms with Crippen molar-refractivity contribution >= 4 is 11.8 Å². The van der Waals surface area contributed by atoms with E-state index in [1.165, 1.54) is 12.8 Å². The summed E-state index contributed by atoms with van der Waals surface area (Å²) in [6.07, 6.45) is 3.53. The second kappa shape index (κ2) is 8.62. The van der Waals surface area contributed by atoms with Crippen LogP contribution in [0.3, 0.4) is 0 Å². The highest BCUT2D eigenvalue weighted by atomic mass is 32.2. The molecular formula is C18H24N8S. The van der Waals surface area contributed by atoms with Crippen LogP contribution in [0.1, 0.15) is 37.8 Å². The minimum atomic E-state index is 0.668. The van der Waals surface area contributed by atoms with Crippen LogP contribution in [0.25, 0.3) is 5.69 Å². The van der Waals surface area contributed by atoms with Gasteiger partial charge >= 0.3 is 0 Å². The van der Waals surface area contributed by atoms with Crippen LogP contribution in [-0.2, 0) is 18.8 Å². The number of nitrogens with zero attached hydrogens (tertiary/aromatic N) is 8. The number of benzene rings is 1. The maximum Gasteiger partial charge on any atom is 0.196 e. The second-order valence-electron chi connectivity index (χ2n) is 6.66. The van der Waals surface area contributed by atoms with E-state index < -0.39 is 0 Å². The molecule has 0 atom stereocenters. The number of aromatic nitrogens is 7. The monoisotopic (exact) mass is 384 g/mol. The summed E-state index contributed by atoms with van der Waals surface area (Å²) in [5.41, 5.74) is 1.09. The smallest absolute Gasteiger partial charge is 0.196 e. The topological polar surface area (TPSA) is 77.5 Å². The number of tetrazole rings is 1. The molecule has 0 bridgehead atoms. The summed E-state index contributed by atoms with van der Waals surface area (Å²) in [5.74, 6) is 2.52. The van der Waals surface area contributed by atoms with E-state index in [1.807, 2.05) is 22.9 Å². The van der Waals surface area contributed by atoms with Crippen LogP contribution in [0.4, 0.5) is 0 Å². The molecule has 0 spiro atoms. The van der Waals surface area contributed by atoms with Crippen molar-refractivity contribution < 1.29 is 0 Å². The molecule has 0 radical (unpaired) electrons. The molecule has 8 nitrogen and oxygen atoms in total. The Labute approximate surface area is 163 Å². The van der Waals surface area contributed by atoms with Crippen molar-refractivity contribution in [3.8, 4) is 5.69 Å². The van der Waals surface area contributed by atoms with Crippen LogP contribution in [0, 0.1) is 0 Å². The van der Waals surface area contributed by atoms with Gasteiger partial charge < -0.3 is 0 Å². The van der Waals surface area contributed by atoms with E-state index in [2.05, 4.69) is 54.2 Å². The predicted molar refractivity (Wildman–Crippen MR) is 104 cm³/mol. The lowest BCUT2D eigenvalue weighted by Gasteiger charge is -2.15. The molecular weight excluding hydrogens is 360 g/mol. The van der Waals surface area contributed by atoms with Crippen LogP contribution in [0.15, 0.2) is 35.5 Å². The Kier molecular flexibility index (Phi) is 5.78. The normalized spacial score (nSPS) is 14.9. The summed E-state index contributed by atoms with van der Waals surface area (Å²) in [6.45, 7) is 6.05. The minimum absolute atomic E-state index is 0.668. The molecule has 1 aliphatic rings. The van der Waals surface area contributed by atoms with Gasteiger partial charge in [-0.05, 0) is 54.9 Å². The molecule has 2 aromatic heterocycles. The Hall–Kier alpha value is -2.26. The molecule has 0 amide bonds. The number of para-hydroxylation sites is 1. The van der Waals surface area contributed by atoms with Gasteiger partial charge in [0.25, 0.3) is 0 Å². The van der Waals surface area contributed by atoms with E-state index in [0.717, 1.165) is 55.1 Å². The molecule has 0 N–H and O–H groups in total. The third kappa shape index (κ3) is 4.19. The first-order chi connectivity index (χ1) is 13.3. The van der Waals surface area contributed by atoms with Gasteiger partial charge in [-0.1, -0.05) is 36.9 Å². The van der Waals surface area contributed by atoms with Crippen molar-refractivity contribution in [3.63, 3.8) is 0 Å². The Balaban J connectivity index is 1.58. The van der Waals surface area contributed by atoms with Gasteiger partial charge in [0.15, 0.2) is 16.8 Å². The zero-order valence-electron chi connectivity index (χ0n) is 15.5. The van der Waals surface area contributed by atoms with E-state index in [1.54, 1.807) is 11.8 Å². The average molecular weight is 385 g/mol. The van der Waals surface area contributed by atoms with Gasteiger partial charge in [-0.15, -0.1) is 15.3 Å². The molecule has 0 saturated carbocycles. The van der Waals surface area contributed by atoms with Crippen molar-refractivity contribution in [2.45, 2.75) is 50.2 Å². The zero-order chi connectivity index (χ0) is 18.5. The number of likely N-dealkylation sites (tertiary alicyclic amines) is 1. The molecule has 1 aliphatic heterocycles. The standard InChI is InChI=1S/C18H24N8S/c1-2-10-25-17(20-22-23-25)14-27-18-21-19-16(13-24-11-6-7-12-24)26(18)15-8-4-3-5-9-15/h3-5,8-9H,2,6-7,10-14H2,1H3. The summed E-state index contributed by atoms with van der Waals surface area (Å²) in [5, 5.41) is 21.9. The summed E-state index contributed by atoms with van der Waals surface area (Å²) in [6, 6.07) is 10.3. The Morgan fingerprint density at radius 3 is 2.59 bits per heavy atom. The Bertz CT molecular complexity index is 853. The van der Waals surface area contributed by atoms with Crippen LogP contribution < -0.4 is 0 Å². The SMILES string of the molecule is CCCn1nnnc1CSc1nnc(CN2CCCC2)n1-c1ccccc1. The fourth-order valence-corrected chi connectivity index (χ4v) is 4.22. The maximum absolute atomic E-state index is 4.51. The van der Waals surface area contributed by atoms with E-state index in [0.29, 0.717) is 5.75 Å². The van der Waals surface area contributed by atoms with Gasteiger partial charge in [-0.25, -0.2) is 4.68 Å². The van der Waals surface area contributed by atoms with Crippen LogP contribution >= 0.6 is 11.8 Å². The Morgan fingerprint density at radius 1 is 1.00 bits per heavy atom. The predicted octanol–water partition coefficient (Wildman–Crippen LogP) is 2.55. The molecule has 0 unspecified atom stereocenters. The molecule has 1 aromatic carbocycles. The lowest BCUT2D eigenvalue weighted by Crippen LogP contribution is -2.21. The van der Waals surface area contributed by atoms with Crippen LogP contribution in [0.5, 0.6) is 0 Å². The van der Waals surface area contributed by atoms with Crippen LogP contribution in [-0.4, -0.2) is 53.0 Å². The maximum atomic E-state index is 4.51. The van der Waals surface area contributed by atoms with Crippen molar-refractivity contribution in [1.29, 1.82) is 0 Å².